The average molecular weight is 183 g/mol. The van der Waals surface area contributed by atoms with E-state index in [1.807, 2.05) is 12.4 Å². The number of benzene rings is 1. The van der Waals surface area contributed by atoms with Gasteiger partial charge in [-0.25, -0.2) is 0 Å². The third-order valence-corrected chi connectivity index (χ3v) is 2.39. The molecule has 0 aliphatic rings. The summed E-state index contributed by atoms with van der Waals surface area (Å²) in [6.45, 7) is 2.18. The lowest BCUT2D eigenvalue weighted by molar-refractivity contribution is 1.14. The summed E-state index contributed by atoms with van der Waals surface area (Å²) < 4.78 is 0. The lowest BCUT2D eigenvalue weighted by Crippen LogP contribution is -1.86. The highest BCUT2D eigenvalue weighted by Gasteiger charge is 2.00. The molecule has 0 saturated carbocycles. The van der Waals surface area contributed by atoms with Crippen molar-refractivity contribution < 1.29 is 0 Å². The second kappa shape index (κ2) is 4.05. The van der Waals surface area contributed by atoms with Gasteiger partial charge in [-0.3, -0.25) is 4.98 Å². The molecule has 0 spiro atoms. The highest BCUT2D eigenvalue weighted by Crippen LogP contribution is 2.22. The first-order valence-corrected chi connectivity index (χ1v) is 4.90. The van der Waals surface area contributed by atoms with E-state index in [0.29, 0.717) is 0 Å². The van der Waals surface area contributed by atoms with Crippen LogP contribution in [0.15, 0.2) is 48.8 Å². The number of aromatic nitrogens is 1. The summed E-state index contributed by atoms with van der Waals surface area (Å²) in [5.74, 6) is 0. The Labute approximate surface area is 84.4 Å². The van der Waals surface area contributed by atoms with Gasteiger partial charge >= 0.3 is 0 Å². The molecule has 0 fully saturated rings. The highest BCUT2D eigenvalue weighted by molar-refractivity contribution is 5.66. The number of pyridine rings is 1. The molecule has 0 unspecified atom stereocenters. The van der Waals surface area contributed by atoms with Crippen LogP contribution >= 0.6 is 0 Å². The van der Waals surface area contributed by atoms with Gasteiger partial charge in [-0.1, -0.05) is 31.2 Å². The molecule has 0 atom stereocenters. The molecular weight excluding hydrogens is 170 g/mol. The second-order valence-corrected chi connectivity index (χ2v) is 3.25. The van der Waals surface area contributed by atoms with Gasteiger partial charge < -0.3 is 0 Å². The van der Waals surface area contributed by atoms with Gasteiger partial charge in [-0.15, -0.1) is 0 Å². The Hall–Kier alpha value is -1.63. The van der Waals surface area contributed by atoms with E-state index in [2.05, 4.69) is 48.3 Å². The predicted molar refractivity (Wildman–Crippen MR) is 59.1 cm³/mol. The molecule has 2 rings (SSSR count). The van der Waals surface area contributed by atoms with Crippen LogP contribution < -0.4 is 0 Å². The van der Waals surface area contributed by atoms with Crippen molar-refractivity contribution in [2.45, 2.75) is 13.3 Å². The lowest BCUT2D eigenvalue weighted by Gasteiger charge is -2.06. The van der Waals surface area contributed by atoms with Crippen molar-refractivity contribution in [2.75, 3.05) is 0 Å². The molecule has 2 aromatic rings. The van der Waals surface area contributed by atoms with Gasteiger partial charge in [-0.05, 0) is 35.2 Å². The third-order valence-electron chi connectivity index (χ3n) is 2.39. The van der Waals surface area contributed by atoms with Crippen LogP contribution in [0.3, 0.4) is 0 Å². The number of hydrogen-bond donors (Lipinski definition) is 0. The molecule has 0 aliphatic heterocycles. The minimum Gasteiger partial charge on any atom is -0.265 e. The Kier molecular flexibility index (Phi) is 2.59. The Balaban J connectivity index is 2.51. The molecule has 1 heterocycles. The quantitative estimate of drug-likeness (QED) is 0.696. The maximum absolute atomic E-state index is 4.03. The molecule has 1 heteroatoms. The largest absolute Gasteiger partial charge is 0.265 e. The summed E-state index contributed by atoms with van der Waals surface area (Å²) in [6, 6.07) is 12.6. The van der Waals surface area contributed by atoms with Gasteiger partial charge in [0, 0.05) is 12.4 Å². The average Bonchev–Trinajstić information content (AvgIpc) is 2.30. The van der Waals surface area contributed by atoms with Crippen LogP contribution in [0.2, 0.25) is 0 Å². The molecule has 0 saturated heterocycles. The monoisotopic (exact) mass is 183 g/mol. The maximum Gasteiger partial charge on any atom is 0.0273 e. The maximum atomic E-state index is 4.03. The van der Waals surface area contributed by atoms with E-state index in [1.54, 1.807) is 0 Å². The first kappa shape index (κ1) is 8.95. The van der Waals surface area contributed by atoms with Crippen molar-refractivity contribution in [1.82, 2.24) is 4.98 Å². The van der Waals surface area contributed by atoms with Crippen LogP contribution in [0.25, 0.3) is 11.1 Å². The fraction of sp³-hybridized carbons (Fsp3) is 0.154. The van der Waals surface area contributed by atoms with E-state index in [1.165, 1.54) is 16.7 Å². The lowest BCUT2D eigenvalue weighted by atomic mass is 9.99. The van der Waals surface area contributed by atoms with E-state index in [4.69, 9.17) is 0 Å². The van der Waals surface area contributed by atoms with Crippen LogP contribution in [0, 0.1) is 0 Å². The molecule has 70 valence electrons. The van der Waals surface area contributed by atoms with Gasteiger partial charge in [0.15, 0.2) is 0 Å². The van der Waals surface area contributed by atoms with Gasteiger partial charge in [0.05, 0.1) is 0 Å². The molecule has 0 N–H and O–H groups in total. The van der Waals surface area contributed by atoms with Gasteiger partial charge in [0.2, 0.25) is 0 Å². The van der Waals surface area contributed by atoms with Gasteiger partial charge in [0.1, 0.15) is 0 Å². The fourth-order valence-corrected chi connectivity index (χ4v) is 1.64. The molecule has 1 nitrogen and oxygen atoms in total. The predicted octanol–water partition coefficient (Wildman–Crippen LogP) is 3.31. The fourth-order valence-electron chi connectivity index (χ4n) is 1.64. The summed E-state index contributed by atoms with van der Waals surface area (Å²) in [6.07, 6.45) is 4.74. The van der Waals surface area contributed by atoms with Crippen molar-refractivity contribution in [3.05, 3.63) is 54.4 Å². The SMILES string of the molecule is CCc1ccccc1-c1ccncc1. The second-order valence-electron chi connectivity index (χ2n) is 3.25. The first-order valence-electron chi connectivity index (χ1n) is 4.90. The number of rotatable bonds is 2. The normalized spacial score (nSPS) is 10.1. The molecule has 0 bridgehead atoms. The van der Waals surface area contributed by atoms with Crippen LogP contribution in [-0.2, 0) is 6.42 Å². The zero-order valence-corrected chi connectivity index (χ0v) is 8.27. The summed E-state index contributed by atoms with van der Waals surface area (Å²) in [7, 11) is 0. The Bertz CT molecular complexity index is 407. The minimum atomic E-state index is 1.07. The van der Waals surface area contributed by atoms with Crippen molar-refractivity contribution in [2.24, 2.45) is 0 Å². The third kappa shape index (κ3) is 1.67. The topological polar surface area (TPSA) is 12.9 Å². The Morgan fingerprint density at radius 2 is 1.71 bits per heavy atom. The molecule has 0 amide bonds. The number of nitrogens with zero attached hydrogens (tertiary/aromatic N) is 1. The van der Waals surface area contributed by atoms with Crippen LogP contribution in [0.5, 0.6) is 0 Å². The summed E-state index contributed by atoms with van der Waals surface area (Å²) in [4.78, 5) is 4.03. The summed E-state index contributed by atoms with van der Waals surface area (Å²) in [5, 5.41) is 0. The van der Waals surface area contributed by atoms with E-state index >= 15 is 0 Å². The molecule has 0 radical (unpaired) electrons. The number of hydrogen-bond acceptors (Lipinski definition) is 1. The van der Waals surface area contributed by atoms with E-state index in [9.17, 15) is 0 Å². The van der Waals surface area contributed by atoms with Crippen molar-refractivity contribution in [3.8, 4) is 11.1 Å². The molecule has 14 heavy (non-hydrogen) atoms. The molecule has 1 aromatic carbocycles. The van der Waals surface area contributed by atoms with Crippen molar-refractivity contribution in [3.63, 3.8) is 0 Å². The van der Waals surface area contributed by atoms with Gasteiger partial charge in [0.25, 0.3) is 0 Å². The van der Waals surface area contributed by atoms with Crippen molar-refractivity contribution >= 4 is 0 Å². The van der Waals surface area contributed by atoms with E-state index in [-0.39, 0.29) is 0 Å². The van der Waals surface area contributed by atoms with E-state index < -0.39 is 0 Å². The summed E-state index contributed by atoms with van der Waals surface area (Å²) in [5.41, 5.74) is 3.95. The molecule has 0 aliphatic carbocycles. The first-order chi connectivity index (χ1) is 6.92. The highest BCUT2D eigenvalue weighted by atomic mass is 14.6. The van der Waals surface area contributed by atoms with Crippen LogP contribution in [0.1, 0.15) is 12.5 Å². The molecule has 1 aromatic heterocycles. The Morgan fingerprint density at radius 3 is 2.43 bits per heavy atom. The van der Waals surface area contributed by atoms with Crippen LogP contribution in [-0.4, -0.2) is 4.98 Å². The molecular formula is C13H13N. The minimum absolute atomic E-state index is 1.07. The van der Waals surface area contributed by atoms with Crippen LogP contribution in [0.4, 0.5) is 0 Å². The standard InChI is InChI=1S/C13H13N/c1-2-11-5-3-4-6-13(11)12-7-9-14-10-8-12/h3-10H,2H2,1H3. The van der Waals surface area contributed by atoms with E-state index in [0.717, 1.165) is 6.42 Å². The zero-order valence-electron chi connectivity index (χ0n) is 8.27. The van der Waals surface area contributed by atoms with Gasteiger partial charge in [-0.2, -0.15) is 0 Å². The zero-order chi connectivity index (χ0) is 9.80. The Morgan fingerprint density at radius 1 is 1.00 bits per heavy atom. The summed E-state index contributed by atoms with van der Waals surface area (Å²) >= 11 is 0. The smallest absolute Gasteiger partial charge is 0.0273 e. The number of aryl methyl sites for hydroxylation is 1. The van der Waals surface area contributed by atoms with Crippen molar-refractivity contribution in [1.29, 1.82) is 0 Å².